The monoisotopic (exact) mass is 184 g/mol. The van der Waals surface area contributed by atoms with E-state index < -0.39 is 0 Å². The van der Waals surface area contributed by atoms with Gasteiger partial charge < -0.3 is 0 Å². The molecular weight excluding hydrogens is 174 g/mol. The van der Waals surface area contributed by atoms with Gasteiger partial charge in [0.15, 0.2) is 0 Å². The zero-order chi connectivity index (χ0) is 9.97. The molecule has 0 unspecified atom stereocenters. The molecule has 0 saturated heterocycles. The molecule has 1 heterocycles. The van der Waals surface area contributed by atoms with Crippen LogP contribution in [0.1, 0.15) is 5.56 Å². The van der Waals surface area contributed by atoms with Crippen molar-refractivity contribution in [3.05, 3.63) is 48.5 Å². The van der Waals surface area contributed by atoms with E-state index in [9.17, 15) is 0 Å². The summed E-state index contributed by atoms with van der Waals surface area (Å²) in [6, 6.07) is 9.58. The lowest BCUT2D eigenvalue weighted by atomic mass is 10.2. The van der Waals surface area contributed by atoms with E-state index in [0.717, 1.165) is 5.69 Å². The Hall–Kier alpha value is -2.08. The van der Waals surface area contributed by atoms with E-state index in [4.69, 9.17) is 5.26 Å². The van der Waals surface area contributed by atoms with Crippen LogP contribution < -0.4 is 4.57 Å². The summed E-state index contributed by atoms with van der Waals surface area (Å²) in [6.07, 6.45) is 5.92. The summed E-state index contributed by atoms with van der Waals surface area (Å²) in [4.78, 5) is 0. The van der Waals surface area contributed by atoms with Crippen LogP contribution in [0.3, 0.4) is 0 Å². The van der Waals surface area contributed by atoms with Crippen molar-refractivity contribution in [1.29, 1.82) is 5.26 Å². The predicted molar refractivity (Wildman–Crippen MR) is 51.7 cm³/mol. The summed E-state index contributed by atoms with van der Waals surface area (Å²) < 4.78 is 3.97. The Balaban J connectivity index is 2.39. The van der Waals surface area contributed by atoms with E-state index in [1.165, 1.54) is 0 Å². The number of aromatic nitrogens is 2. The minimum absolute atomic E-state index is 0.685. The average molecular weight is 184 g/mol. The zero-order valence-corrected chi connectivity index (χ0v) is 7.88. The molecule has 0 aliphatic heterocycles. The molecule has 0 amide bonds. The van der Waals surface area contributed by atoms with Crippen LogP contribution in [0, 0.1) is 11.3 Å². The lowest BCUT2D eigenvalue weighted by Crippen LogP contribution is -2.23. The number of hydrogen-bond donors (Lipinski definition) is 0. The zero-order valence-electron chi connectivity index (χ0n) is 7.88. The van der Waals surface area contributed by atoms with Crippen LogP contribution in [0.25, 0.3) is 5.69 Å². The Morgan fingerprint density at radius 3 is 2.50 bits per heavy atom. The lowest BCUT2D eigenvalue weighted by Gasteiger charge is -1.94. The minimum Gasteiger partial charge on any atom is -0.239 e. The first kappa shape index (κ1) is 8.52. The lowest BCUT2D eigenvalue weighted by molar-refractivity contribution is -0.670. The molecule has 0 N–H and O–H groups in total. The van der Waals surface area contributed by atoms with Crippen molar-refractivity contribution in [3.8, 4) is 11.8 Å². The number of hydrogen-bond acceptors (Lipinski definition) is 1. The molecule has 0 fully saturated rings. The van der Waals surface area contributed by atoms with Gasteiger partial charge in [0.1, 0.15) is 18.1 Å². The molecule has 0 bridgehead atoms. The van der Waals surface area contributed by atoms with Crippen molar-refractivity contribution in [3.63, 3.8) is 0 Å². The third-order valence-corrected chi connectivity index (χ3v) is 2.06. The number of imidazole rings is 1. The van der Waals surface area contributed by atoms with Gasteiger partial charge in [-0.1, -0.05) is 0 Å². The van der Waals surface area contributed by atoms with E-state index in [1.54, 1.807) is 0 Å². The predicted octanol–water partition coefficient (Wildman–Crippen LogP) is 1.17. The molecule has 2 rings (SSSR count). The number of rotatable bonds is 1. The normalized spacial score (nSPS) is 9.71. The van der Waals surface area contributed by atoms with Gasteiger partial charge >= 0.3 is 0 Å². The van der Waals surface area contributed by atoms with Crippen LogP contribution in [-0.2, 0) is 7.05 Å². The second-order valence-corrected chi connectivity index (χ2v) is 3.15. The van der Waals surface area contributed by atoms with E-state index >= 15 is 0 Å². The smallest absolute Gasteiger partial charge is 0.239 e. The van der Waals surface area contributed by atoms with Gasteiger partial charge in [-0.25, -0.2) is 9.13 Å². The topological polar surface area (TPSA) is 32.6 Å². The van der Waals surface area contributed by atoms with Gasteiger partial charge in [-0.3, -0.25) is 0 Å². The Labute approximate surface area is 82.5 Å². The maximum Gasteiger partial charge on any atom is 0.248 e. The van der Waals surface area contributed by atoms with E-state index in [-0.39, 0.29) is 0 Å². The van der Waals surface area contributed by atoms with Gasteiger partial charge in [-0.05, 0) is 24.3 Å². The molecule has 0 radical (unpaired) electrons. The quantitative estimate of drug-likeness (QED) is 0.612. The van der Waals surface area contributed by atoms with Gasteiger partial charge in [0.2, 0.25) is 6.33 Å². The van der Waals surface area contributed by atoms with Crippen LogP contribution in [0.5, 0.6) is 0 Å². The van der Waals surface area contributed by atoms with Crippen LogP contribution in [-0.4, -0.2) is 4.57 Å². The van der Waals surface area contributed by atoms with Crippen LogP contribution in [0.2, 0.25) is 0 Å². The fourth-order valence-electron chi connectivity index (χ4n) is 1.31. The first-order chi connectivity index (χ1) is 6.79. The number of nitriles is 1. The summed E-state index contributed by atoms with van der Waals surface area (Å²) in [7, 11) is 1.97. The van der Waals surface area contributed by atoms with Crippen molar-refractivity contribution in [1.82, 2.24) is 4.57 Å². The third-order valence-electron chi connectivity index (χ3n) is 2.06. The molecule has 14 heavy (non-hydrogen) atoms. The molecule has 1 aromatic carbocycles. The number of benzene rings is 1. The Morgan fingerprint density at radius 1 is 1.29 bits per heavy atom. The third kappa shape index (κ3) is 1.50. The molecule has 0 aliphatic carbocycles. The maximum absolute atomic E-state index is 8.64. The van der Waals surface area contributed by atoms with Crippen molar-refractivity contribution < 1.29 is 4.57 Å². The van der Waals surface area contributed by atoms with Crippen molar-refractivity contribution in [2.75, 3.05) is 0 Å². The molecule has 0 saturated carbocycles. The van der Waals surface area contributed by atoms with Gasteiger partial charge in [-0.15, -0.1) is 0 Å². The summed E-state index contributed by atoms with van der Waals surface area (Å²) in [5.41, 5.74) is 1.75. The summed E-state index contributed by atoms with van der Waals surface area (Å²) in [5.74, 6) is 0. The van der Waals surface area contributed by atoms with Crippen molar-refractivity contribution in [2.24, 2.45) is 7.05 Å². The Kier molecular flexibility index (Phi) is 2.04. The molecule has 0 atom stereocenters. The molecule has 3 heteroatoms. The van der Waals surface area contributed by atoms with Gasteiger partial charge in [-0.2, -0.15) is 5.26 Å². The Bertz CT molecular complexity index is 474. The highest BCUT2D eigenvalue weighted by atomic mass is 15.1. The standard InChI is InChI=1S/C11H10N3/c1-13-6-7-14(9-13)11-4-2-10(8-12)3-5-11/h2-7,9H,1H3/q+1. The van der Waals surface area contributed by atoms with Crippen LogP contribution in [0.4, 0.5) is 0 Å². The Morgan fingerprint density at radius 2 is 2.00 bits per heavy atom. The molecular formula is C11H10N3+. The number of nitrogens with zero attached hydrogens (tertiary/aromatic N) is 3. The summed E-state index contributed by atoms with van der Waals surface area (Å²) >= 11 is 0. The van der Waals surface area contributed by atoms with E-state index in [0.29, 0.717) is 5.56 Å². The second-order valence-electron chi connectivity index (χ2n) is 3.15. The number of aryl methyl sites for hydroxylation is 1. The highest BCUT2D eigenvalue weighted by Crippen LogP contribution is 2.07. The van der Waals surface area contributed by atoms with Crippen molar-refractivity contribution in [2.45, 2.75) is 0 Å². The first-order valence-corrected chi connectivity index (χ1v) is 4.33. The maximum atomic E-state index is 8.64. The highest BCUT2D eigenvalue weighted by molar-refractivity contribution is 5.38. The fraction of sp³-hybridized carbons (Fsp3) is 0.0909. The minimum atomic E-state index is 0.685. The molecule has 1 aromatic heterocycles. The fourth-order valence-corrected chi connectivity index (χ4v) is 1.31. The molecule has 68 valence electrons. The average Bonchev–Trinajstić information content (AvgIpc) is 2.65. The first-order valence-electron chi connectivity index (χ1n) is 4.33. The molecule has 0 spiro atoms. The van der Waals surface area contributed by atoms with E-state index in [1.807, 2.05) is 59.2 Å². The molecule has 2 aromatic rings. The highest BCUT2D eigenvalue weighted by Gasteiger charge is 2.02. The van der Waals surface area contributed by atoms with Crippen molar-refractivity contribution >= 4 is 0 Å². The molecule has 3 nitrogen and oxygen atoms in total. The van der Waals surface area contributed by atoms with Gasteiger partial charge in [0.05, 0.1) is 18.7 Å². The largest absolute Gasteiger partial charge is 0.248 e. The SMILES string of the molecule is C[n+]1ccn(-c2ccc(C#N)cc2)c1. The molecule has 0 aliphatic rings. The summed E-state index contributed by atoms with van der Waals surface area (Å²) in [6.45, 7) is 0. The van der Waals surface area contributed by atoms with Gasteiger partial charge in [0.25, 0.3) is 0 Å². The van der Waals surface area contributed by atoms with Gasteiger partial charge in [0, 0.05) is 0 Å². The van der Waals surface area contributed by atoms with Crippen LogP contribution >= 0.6 is 0 Å². The summed E-state index contributed by atoms with van der Waals surface area (Å²) in [5, 5.41) is 8.64. The second kappa shape index (κ2) is 3.35. The van der Waals surface area contributed by atoms with Crippen LogP contribution in [0.15, 0.2) is 43.0 Å². The van der Waals surface area contributed by atoms with E-state index in [2.05, 4.69) is 6.07 Å².